The third-order valence-electron chi connectivity index (χ3n) is 2.64. The summed E-state index contributed by atoms with van der Waals surface area (Å²) in [5, 5.41) is 3.36. The van der Waals surface area contributed by atoms with E-state index in [9.17, 15) is 4.79 Å². The Bertz CT molecular complexity index is 736. The van der Waals surface area contributed by atoms with Gasteiger partial charge in [0.15, 0.2) is 5.65 Å². The van der Waals surface area contributed by atoms with Gasteiger partial charge in [-0.2, -0.15) is 0 Å². The summed E-state index contributed by atoms with van der Waals surface area (Å²) >= 11 is 5.78. The summed E-state index contributed by atoms with van der Waals surface area (Å²) in [4.78, 5) is 23.1. The average molecular weight is 273 g/mol. The van der Waals surface area contributed by atoms with Gasteiger partial charge >= 0.3 is 0 Å². The molecule has 5 nitrogen and oxygen atoms in total. The lowest BCUT2D eigenvalue weighted by atomic mass is 10.2. The van der Waals surface area contributed by atoms with Gasteiger partial charge in [0.2, 0.25) is 0 Å². The van der Waals surface area contributed by atoms with E-state index in [0.717, 1.165) is 5.52 Å². The highest BCUT2D eigenvalue weighted by atomic mass is 35.5. The second-order valence-corrected chi connectivity index (χ2v) is 4.40. The number of fused-ring (bicyclic) bond motifs is 1. The number of aromatic amines is 1. The molecule has 0 radical (unpaired) electrons. The standard InChI is InChI=1S/C13H9ClN4O/c14-9-3-1-8(2-4-9)13(19)18-10-5-11-12(15-6-10)17-7-16-11/h1-7H,(H,18,19)(H,15,16,17). The average Bonchev–Trinajstić information content (AvgIpc) is 2.87. The van der Waals surface area contributed by atoms with Crippen LogP contribution in [0.3, 0.4) is 0 Å². The Labute approximate surface area is 113 Å². The normalized spacial score (nSPS) is 10.6. The lowest BCUT2D eigenvalue weighted by Crippen LogP contribution is -2.11. The van der Waals surface area contributed by atoms with E-state index in [1.165, 1.54) is 0 Å². The minimum absolute atomic E-state index is 0.211. The summed E-state index contributed by atoms with van der Waals surface area (Å²) in [5.74, 6) is -0.211. The van der Waals surface area contributed by atoms with Crippen LogP contribution in [0.1, 0.15) is 10.4 Å². The first-order valence-electron chi connectivity index (χ1n) is 5.58. The topological polar surface area (TPSA) is 70.7 Å². The molecular weight excluding hydrogens is 264 g/mol. The summed E-state index contributed by atoms with van der Waals surface area (Å²) in [6, 6.07) is 8.46. The number of carbonyl (C=O) groups is 1. The number of H-pyrrole nitrogens is 1. The van der Waals surface area contributed by atoms with Crippen molar-refractivity contribution < 1.29 is 4.79 Å². The molecule has 1 amide bonds. The van der Waals surface area contributed by atoms with Crippen molar-refractivity contribution >= 4 is 34.4 Å². The van der Waals surface area contributed by atoms with Gasteiger partial charge in [0.1, 0.15) is 0 Å². The minimum atomic E-state index is -0.211. The molecule has 0 spiro atoms. The van der Waals surface area contributed by atoms with Crippen LogP contribution in [0.4, 0.5) is 5.69 Å². The molecule has 6 heteroatoms. The Kier molecular flexibility index (Phi) is 2.89. The highest BCUT2D eigenvalue weighted by Crippen LogP contribution is 2.15. The predicted molar refractivity (Wildman–Crippen MR) is 73.3 cm³/mol. The van der Waals surface area contributed by atoms with Gasteiger partial charge in [0, 0.05) is 10.6 Å². The molecule has 0 bridgehead atoms. The van der Waals surface area contributed by atoms with Gasteiger partial charge in [0.05, 0.1) is 23.7 Å². The summed E-state index contributed by atoms with van der Waals surface area (Å²) in [6.07, 6.45) is 3.12. The number of imidazole rings is 1. The molecule has 0 aliphatic heterocycles. The van der Waals surface area contributed by atoms with E-state index < -0.39 is 0 Å². The molecule has 3 aromatic rings. The Morgan fingerprint density at radius 3 is 2.79 bits per heavy atom. The number of amides is 1. The molecule has 0 saturated carbocycles. The molecule has 0 aliphatic rings. The highest BCUT2D eigenvalue weighted by Gasteiger charge is 2.07. The molecule has 0 fully saturated rings. The van der Waals surface area contributed by atoms with E-state index in [-0.39, 0.29) is 5.91 Å². The number of hydrogen-bond acceptors (Lipinski definition) is 3. The molecule has 1 aromatic carbocycles. The maximum absolute atomic E-state index is 12.0. The van der Waals surface area contributed by atoms with Gasteiger partial charge in [-0.1, -0.05) is 11.6 Å². The SMILES string of the molecule is O=C(Nc1cnc2nc[nH]c2c1)c1ccc(Cl)cc1. The lowest BCUT2D eigenvalue weighted by Gasteiger charge is -2.04. The van der Waals surface area contributed by atoms with Crippen LogP contribution in [0.2, 0.25) is 5.02 Å². The van der Waals surface area contributed by atoms with Crippen molar-refractivity contribution in [2.24, 2.45) is 0 Å². The van der Waals surface area contributed by atoms with Crippen molar-refractivity contribution in [2.45, 2.75) is 0 Å². The van der Waals surface area contributed by atoms with Crippen molar-refractivity contribution in [3.05, 3.63) is 53.4 Å². The van der Waals surface area contributed by atoms with Crippen molar-refractivity contribution in [2.75, 3.05) is 5.32 Å². The number of hydrogen-bond donors (Lipinski definition) is 2. The van der Waals surface area contributed by atoms with Gasteiger partial charge < -0.3 is 10.3 Å². The van der Waals surface area contributed by atoms with Gasteiger partial charge in [-0.25, -0.2) is 9.97 Å². The minimum Gasteiger partial charge on any atom is -0.343 e. The fourth-order valence-electron chi connectivity index (χ4n) is 1.70. The summed E-state index contributed by atoms with van der Waals surface area (Å²) in [7, 11) is 0. The molecule has 0 saturated heterocycles. The first-order valence-corrected chi connectivity index (χ1v) is 5.96. The number of nitrogens with zero attached hydrogens (tertiary/aromatic N) is 2. The number of aromatic nitrogens is 3. The quantitative estimate of drug-likeness (QED) is 0.753. The molecule has 2 N–H and O–H groups in total. The van der Waals surface area contributed by atoms with E-state index in [0.29, 0.717) is 21.9 Å². The molecule has 0 unspecified atom stereocenters. The molecule has 3 rings (SSSR count). The first kappa shape index (κ1) is 11.7. The van der Waals surface area contributed by atoms with E-state index in [4.69, 9.17) is 11.6 Å². The number of carbonyl (C=O) groups excluding carboxylic acids is 1. The van der Waals surface area contributed by atoms with Gasteiger partial charge in [-0.15, -0.1) is 0 Å². The zero-order chi connectivity index (χ0) is 13.2. The number of pyridine rings is 1. The molecule has 19 heavy (non-hydrogen) atoms. The van der Waals surface area contributed by atoms with Crippen molar-refractivity contribution in [3.8, 4) is 0 Å². The zero-order valence-electron chi connectivity index (χ0n) is 9.72. The van der Waals surface area contributed by atoms with Crippen LogP contribution in [0, 0.1) is 0 Å². The summed E-state index contributed by atoms with van der Waals surface area (Å²) in [6.45, 7) is 0. The largest absolute Gasteiger partial charge is 0.343 e. The van der Waals surface area contributed by atoms with Gasteiger partial charge in [-0.3, -0.25) is 4.79 Å². The summed E-state index contributed by atoms with van der Waals surface area (Å²) in [5.41, 5.74) is 2.53. The predicted octanol–water partition coefficient (Wildman–Crippen LogP) is 2.86. The first-order chi connectivity index (χ1) is 9.22. The Balaban J connectivity index is 1.83. The number of anilines is 1. The molecule has 2 aromatic heterocycles. The van der Waals surface area contributed by atoms with Crippen molar-refractivity contribution in [1.82, 2.24) is 15.0 Å². The monoisotopic (exact) mass is 272 g/mol. The fraction of sp³-hybridized carbons (Fsp3) is 0. The second kappa shape index (κ2) is 4.70. The van der Waals surface area contributed by atoms with Crippen molar-refractivity contribution in [3.63, 3.8) is 0 Å². The molecular formula is C13H9ClN4O. The molecule has 94 valence electrons. The second-order valence-electron chi connectivity index (χ2n) is 3.96. The number of rotatable bonds is 2. The van der Waals surface area contributed by atoms with Crippen LogP contribution in [0.5, 0.6) is 0 Å². The van der Waals surface area contributed by atoms with E-state index in [1.807, 2.05) is 0 Å². The van der Waals surface area contributed by atoms with Crippen LogP contribution in [-0.2, 0) is 0 Å². The third kappa shape index (κ3) is 2.41. The van der Waals surface area contributed by atoms with Crippen LogP contribution in [0.15, 0.2) is 42.9 Å². The Morgan fingerprint density at radius 2 is 2.00 bits per heavy atom. The van der Waals surface area contributed by atoms with Crippen LogP contribution in [-0.4, -0.2) is 20.9 Å². The van der Waals surface area contributed by atoms with E-state index in [2.05, 4.69) is 20.3 Å². The number of benzene rings is 1. The van der Waals surface area contributed by atoms with Crippen LogP contribution < -0.4 is 5.32 Å². The smallest absolute Gasteiger partial charge is 0.255 e. The third-order valence-corrected chi connectivity index (χ3v) is 2.89. The lowest BCUT2D eigenvalue weighted by molar-refractivity contribution is 0.102. The Hall–Kier alpha value is -2.40. The molecule has 0 aliphatic carbocycles. The van der Waals surface area contributed by atoms with E-state index in [1.54, 1.807) is 42.9 Å². The van der Waals surface area contributed by atoms with Crippen LogP contribution in [0.25, 0.3) is 11.2 Å². The number of halogens is 1. The Morgan fingerprint density at radius 1 is 1.21 bits per heavy atom. The zero-order valence-corrected chi connectivity index (χ0v) is 10.5. The maximum Gasteiger partial charge on any atom is 0.255 e. The van der Waals surface area contributed by atoms with Crippen LogP contribution >= 0.6 is 11.6 Å². The van der Waals surface area contributed by atoms with Gasteiger partial charge in [-0.05, 0) is 30.3 Å². The van der Waals surface area contributed by atoms with Crippen molar-refractivity contribution in [1.29, 1.82) is 0 Å². The fourth-order valence-corrected chi connectivity index (χ4v) is 1.83. The maximum atomic E-state index is 12.0. The molecule has 2 heterocycles. The highest BCUT2D eigenvalue weighted by molar-refractivity contribution is 6.30. The summed E-state index contributed by atoms with van der Waals surface area (Å²) < 4.78 is 0. The molecule has 0 atom stereocenters. The van der Waals surface area contributed by atoms with E-state index >= 15 is 0 Å². The van der Waals surface area contributed by atoms with Gasteiger partial charge in [0.25, 0.3) is 5.91 Å². The number of nitrogens with one attached hydrogen (secondary N) is 2.